The topological polar surface area (TPSA) is 67.4 Å². The van der Waals surface area contributed by atoms with Crippen LogP contribution in [-0.2, 0) is 4.79 Å². The molecule has 0 aliphatic carbocycles. The molecule has 0 saturated carbocycles. The van der Waals surface area contributed by atoms with Crippen molar-refractivity contribution in [1.29, 1.82) is 0 Å². The molecule has 1 atom stereocenters. The van der Waals surface area contributed by atoms with Crippen LogP contribution in [0.2, 0.25) is 0 Å². The predicted octanol–water partition coefficient (Wildman–Crippen LogP) is 4.11. The Kier molecular flexibility index (Phi) is 6.80. The second kappa shape index (κ2) is 8.85. The summed E-state index contributed by atoms with van der Waals surface area (Å²) in [6.45, 7) is 7.78. The summed E-state index contributed by atoms with van der Waals surface area (Å²) in [4.78, 5) is 24.2. The number of carbonyl (C=O) groups excluding carboxylic acids is 2. The Balaban J connectivity index is 1.88. The first-order valence-electron chi connectivity index (χ1n) is 8.41. The van der Waals surface area contributed by atoms with Gasteiger partial charge in [-0.1, -0.05) is 48.0 Å². The fraction of sp³-hybridized carbons (Fsp3) is 0.300. The molecule has 5 nitrogen and oxygen atoms in total. The van der Waals surface area contributed by atoms with Crippen LogP contribution in [0, 0.1) is 6.92 Å². The number of benzene rings is 2. The van der Waals surface area contributed by atoms with Crippen molar-refractivity contribution in [3.05, 3.63) is 63.6 Å². The van der Waals surface area contributed by atoms with E-state index in [0.717, 1.165) is 10.0 Å². The van der Waals surface area contributed by atoms with E-state index in [9.17, 15) is 9.59 Å². The predicted molar refractivity (Wildman–Crippen MR) is 105 cm³/mol. The minimum atomic E-state index is -0.745. The number of aryl methyl sites for hydroxylation is 1. The zero-order chi connectivity index (χ0) is 19.3. The van der Waals surface area contributed by atoms with Crippen LogP contribution in [0.4, 0.5) is 0 Å². The molecule has 0 fully saturated rings. The van der Waals surface area contributed by atoms with Crippen LogP contribution in [0.5, 0.6) is 5.75 Å². The van der Waals surface area contributed by atoms with Crippen LogP contribution in [-0.4, -0.2) is 17.9 Å². The minimum Gasteiger partial charge on any atom is -0.481 e. The second-order valence-electron chi connectivity index (χ2n) is 6.39. The smallest absolute Gasteiger partial charge is 0.279 e. The Morgan fingerprint density at radius 3 is 2.23 bits per heavy atom. The van der Waals surface area contributed by atoms with Crippen molar-refractivity contribution >= 4 is 27.7 Å². The molecule has 0 aromatic heterocycles. The summed E-state index contributed by atoms with van der Waals surface area (Å²) in [5.41, 5.74) is 7.45. The molecule has 1 unspecified atom stereocenters. The van der Waals surface area contributed by atoms with Crippen molar-refractivity contribution in [2.45, 2.75) is 39.7 Å². The summed E-state index contributed by atoms with van der Waals surface area (Å²) in [5, 5.41) is 0. The lowest BCUT2D eigenvalue weighted by Gasteiger charge is -2.16. The van der Waals surface area contributed by atoms with Crippen LogP contribution in [0.15, 0.2) is 46.9 Å². The summed E-state index contributed by atoms with van der Waals surface area (Å²) in [7, 11) is 0. The van der Waals surface area contributed by atoms with Gasteiger partial charge in [0.1, 0.15) is 5.75 Å². The van der Waals surface area contributed by atoms with Crippen LogP contribution >= 0.6 is 15.9 Å². The fourth-order valence-corrected chi connectivity index (χ4v) is 2.59. The van der Waals surface area contributed by atoms with Crippen molar-refractivity contribution in [2.24, 2.45) is 0 Å². The molecule has 0 saturated heterocycles. The van der Waals surface area contributed by atoms with E-state index in [1.165, 1.54) is 5.56 Å². The van der Waals surface area contributed by atoms with Gasteiger partial charge in [0.05, 0.1) is 0 Å². The van der Waals surface area contributed by atoms with Crippen LogP contribution in [0.25, 0.3) is 0 Å². The second-order valence-corrected chi connectivity index (χ2v) is 7.25. The summed E-state index contributed by atoms with van der Waals surface area (Å²) in [5.74, 6) is 0.206. The SMILES string of the molecule is Cc1ccc(C(=O)NNC(=O)C(C)Oc2ccc(C(C)C)cc2)cc1Br. The average Bonchev–Trinajstić information content (AvgIpc) is 2.62. The van der Waals surface area contributed by atoms with Gasteiger partial charge >= 0.3 is 0 Å². The van der Waals surface area contributed by atoms with E-state index in [4.69, 9.17) is 4.74 Å². The standard InChI is InChI=1S/C20H23BrN2O3/c1-12(2)15-7-9-17(10-8-15)26-14(4)19(24)22-23-20(25)16-6-5-13(3)18(21)11-16/h5-12,14H,1-4H3,(H,22,24)(H,23,25). The van der Waals surface area contributed by atoms with Crippen LogP contribution in [0.3, 0.4) is 0 Å². The van der Waals surface area contributed by atoms with Gasteiger partial charge in [0.2, 0.25) is 0 Å². The molecule has 2 rings (SSSR count). The summed E-state index contributed by atoms with van der Waals surface area (Å²) in [6.07, 6.45) is -0.745. The van der Waals surface area contributed by atoms with E-state index < -0.39 is 17.9 Å². The number of ether oxygens (including phenoxy) is 1. The van der Waals surface area contributed by atoms with Crippen molar-refractivity contribution in [3.8, 4) is 5.75 Å². The van der Waals surface area contributed by atoms with E-state index in [2.05, 4.69) is 40.6 Å². The molecule has 0 aliphatic rings. The number of amides is 2. The molecule has 0 heterocycles. The van der Waals surface area contributed by atoms with E-state index in [1.807, 2.05) is 37.3 Å². The Morgan fingerprint density at radius 2 is 1.65 bits per heavy atom. The molecule has 0 spiro atoms. The van der Waals surface area contributed by atoms with Crippen LogP contribution < -0.4 is 15.6 Å². The Labute approximate surface area is 162 Å². The number of halogens is 1. The number of carbonyl (C=O) groups is 2. The van der Waals surface area contributed by atoms with Gasteiger partial charge in [-0.05, 0) is 55.2 Å². The molecule has 2 amide bonds. The van der Waals surface area contributed by atoms with Crippen LogP contribution in [0.1, 0.15) is 48.2 Å². The van der Waals surface area contributed by atoms with Gasteiger partial charge in [0, 0.05) is 10.0 Å². The van der Waals surface area contributed by atoms with Gasteiger partial charge in [-0.25, -0.2) is 0 Å². The van der Waals surface area contributed by atoms with Gasteiger partial charge in [0.25, 0.3) is 11.8 Å². The molecule has 0 aliphatic heterocycles. The van der Waals surface area contributed by atoms with Crippen molar-refractivity contribution in [2.75, 3.05) is 0 Å². The maximum atomic E-state index is 12.1. The lowest BCUT2D eigenvalue weighted by molar-refractivity contribution is -0.128. The number of nitrogens with one attached hydrogen (secondary N) is 2. The zero-order valence-corrected chi connectivity index (χ0v) is 16.9. The van der Waals surface area contributed by atoms with Gasteiger partial charge in [-0.15, -0.1) is 0 Å². The van der Waals surface area contributed by atoms with Crippen molar-refractivity contribution < 1.29 is 14.3 Å². The first-order chi connectivity index (χ1) is 12.3. The highest BCUT2D eigenvalue weighted by molar-refractivity contribution is 9.10. The minimum absolute atomic E-state index is 0.396. The molecule has 0 radical (unpaired) electrons. The van der Waals surface area contributed by atoms with E-state index in [-0.39, 0.29) is 0 Å². The molecular weight excluding hydrogens is 396 g/mol. The van der Waals surface area contributed by atoms with Gasteiger partial charge in [-0.2, -0.15) is 0 Å². The monoisotopic (exact) mass is 418 g/mol. The molecule has 2 aromatic rings. The maximum absolute atomic E-state index is 12.1. The highest BCUT2D eigenvalue weighted by atomic mass is 79.9. The Morgan fingerprint density at radius 1 is 1.00 bits per heavy atom. The number of hydrogen-bond donors (Lipinski definition) is 2. The van der Waals surface area contributed by atoms with Gasteiger partial charge < -0.3 is 4.74 Å². The molecule has 2 aromatic carbocycles. The summed E-state index contributed by atoms with van der Waals surface area (Å²) in [6, 6.07) is 12.8. The van der Waals surface area contributed by atoms with Gasteiger partial charge in [0.15, 0.2) is 6.10 Å². The van der Waals surface area contributed by atoms with Gasteiger partial charge in [-0.3, -0.25) is 20.4 Å². The normalized spacial score (nSPS) is 11.8. The highest BCUT2D eigenvalue weighted by Crippen LogP contribution is 2.19. The first-order valence-corrected chi connectivity index (χ1v) is 9.20. The molecule has 0 bridgehead atoms. The zero-order valence-electron chi connectivity index (χ0n) is 15.3. The summed E-state index contributed by atoms with van der Waals surface area (Å²) < 4.78 is 6.44. The Hall–Kier alpha value is -2.34. The number of rotatable bonds is 5. The lowest BCUT2D eigenvalue weighted by Crippen LogP contribution is -2.47. The maximum Gasteiger partial charge on any atom is 0.279 e. The lowest BCUT2D eigenvalue weighted by atomic mass is 10.0. The third kappa shape index (κ3) is 5.33. The molecular formula is C20H23BrN2O3. The third-order valence-electron chi connectivity index (χ3n) is 3.96. The number of hydrazine groups is 1. The molecule has 138 valence electrons. The number of hydrogen-bond acceptors (Lipinski definition) is 3. The molecule has 26 heavy (non-hydrogen) atoms. The molecule has 2 N–H and O–H groups in total. The Bertz CT molecular complexity index is 788. The third-order valence-corrected chi connectivity index (χ3v) is 4.82. The highest BCUT2D eigenvalue weighted by Gasteiger charge is 2.16. The fourth-order valence-electron chi connectivity index (χ4n) is 2.22. The average molecular weight is 419 g/mol. The largest absolute Gasteiger partial charge is 0.481 e. The van der Waals surface area contributed by atoms with Crippen molar-refractivity contribution in [1.82, 2.24) is 10.9 Å². The van der Waals surface area contributed by atoms with Crippen molar-refractivity contribution in [3.63, 3.8) is 0 Å². The van der Waals surface area contributed by atoms with E-state index >= 15 is 0 Å². The molecule has 6 heteroatoms. The quantitative estimate of drug-likeness (QED) is 0.717. The summed E-state index contributed by atoms with van der Waals surface area (Å²) >= 11 is 3.38. The van der Waals surface area contributed by atoms with E-state index in [1.54, 1.807) is 19.1 Å². The van der Waals surface area contributed by atoms with E-state index in [0.29, 0.717) is 17.2 Å². The first kappa shape index (κ1) is 20.0.